The number of benzene rings is 1. The summed E-state index contributed by atoms with van der Waals surface area (Å²) in [6.07, 6.45) is 1.51. The summed E-state index contributed by atoms with van der Waals surface area (Å²) in [5.74, 6) is 0.267. The average molecular weight is 365 g/mol. The molecule has 1 aromatic carbocycles. The lowest BCUT2D eigenvalue weighted by atomic mass is 10.2. The molecule has 0 fully saturated rings. The van der Waals surface area contributed by atoms with E-state index in [0.29, 0.717) is 5.75 Å². The molecular weight excluding hydrogens is 346 g/mol. The topological polar surface area (TPSA) is 97.8 Å². The Labute approximate surface area is 146 Å². The van der Waals surface area contributed by atoms with Crippen LogP contribution in [0.25, 0.3) is 0 Å². The average Bonchev–Trinajstić information content (AvgIpc) is 2.61. The van der Waals surface area contributed by atoms with Crippen LogP contribution in [0.1, 0.15) is 10.4 Å². The smallest absolute Gasteiger partial charge is 0.256 e. The number of methoxy groups -OCH3 is 2. The lowest BCUT2D eigenvalue weighted by Crippen LogP contribution is -2.23. The molecule has 134 valence electrons. The van der Waals surface area contributed by atoms with Gasteiger partial charge in [-0.15, -0.1) is 0 Å². The minimum absolute atomic E-state index is 0.0966. The van der Waals surface area contributed by atoms with Crippen molar-refractivity contribution in [2.24, 2.45) is 0 Å². The highest BCUT2D eigenvalue weighted by Gasteiger charge is 2.24. The molecule has 0 aliphatic rings. The molecule has 0 bridgehead atoms. The number of anilines is 1. The molecule has 25 heavy (non-hydrogen) atoms. The van der Waals surface area contributed by atoms with Crippen molar-refractivity contribution in [3.05, 3.63) is 42.1 Å². The molecule has 0 saturated heterocycles. The number of hydrogen-bond donors (Lipinski definition) is 1. The molecule has 1 amide bonds. The van der Waals surface area contributed by atoms with E-state index in [9.17, 15) is 13.2 Å². The predicted molar refractivity (Wildman–Crippen MR) is 92.6 cm³/mol. The third-order valence-electron chi connectivity index (χ3n) is 3.41. The van der Waals surface area contributed by atoms with E-state index in [-0.39, 0.29) is 22.0 Å². The molecule has 1 aromatic heterocycles. The van der Waals surface area contributed by atoms with E-state index in [4.69, 9.17) is 9.47 Å². The maximum atomic E-state index is 12.5. The molecule has 2 aromatic rings. The highest BCUT2D eigenvalue weighted by atomic mass is 32.2. The normalized spacial score (nSPS) is 11.2. The van der Waals surface area contributed by atoms with Crippen molar-refractivity contribution in [3.63, 3.8) is 0 Å². The fraction of sp³-hybridized carbons (Fsp3) is 0.250. The molecule has 0 saturated carbocycles. The van der Waals surface area contributed by atoms with E-state index >= 15 is 0 Å². The van der Waals surface area contributed by atoms with Crippen molar-refractivity contribution < 1.29 is 22.7 Å². The quantitative estimate of drug-likeness (QED) is 0.835. The van der Waals surface area contributed by atoms with Gasteiger partial charge in [-0.25, -0.2) is 17.7 Å². The standard InChI is InChI=1S/C16H19N3O5S/c1-19(2)25(21,22)14-10-11(7-8-12(14)23-3)16(20)18-15-13(24-4)6-5-9-17-15/h5-10H,1-4H3,(H,17,18,20). The van der Waals surface area contributed by atoms with Crippen LogP contribution in [-0.2, 0) is 10.0 Å². The molecule has 1 N–H and O–H groups in total. The Morgan fingerprint density at radius 2 is 1.80 bits per heavy atom. The highest BCUT2D eigenvalue weighted by Crippen LogP contribution is 2.28. The maximum absolute atomic E-state index is 12.5. The number of amides is 1. The van der Waals surface area contributed by atoms with Gasteiger partial charge in [0.05, 0.1) is 14.2 Å². The number of rotatable bonds is 6. The SMILES string of the molecule is COc1ccc(C(=O)Nc2ncccc2OC)cc1S(=O)(=O)N(C)C. The predicted octanol–water partition coefficient (Wildman–Crippen LogP) is 1.60. The number of carbonyl (C=O) groups excluding carboxylic acids is 1. The number of carbonyl (C=O) groups is 1. The van der Waals surface area contributed by atoms with Gasteiger partial charge >= 0.3 is 0 Å². The second kappa shape index (κ2) is 7.49. The zero-order valence-corrected chi connectivity index (χ0v) is 15.1. The third-order valence-corrected chi connectivity index (χ3v) is 5.24. The van der Waals surface area contributed by atoms with Gasteiger partial charge in [0.1, 0.15) is 10.6 Å². The van der Waals surface area contributed by atoms with Crippen molar-refractivity contribution in [1.82, 2.24) is 9.29 Å². The van der Waals surface area contributed by atoms with Crippen LogP contribution >= 0.6 is 0 Å². The molecule has 9 heteroatoms. The first kappa shape index (κ1) is 18.7. The van der Waals surface area contributed by atoms with E-state index < -0.39 is 15.9 Å². The number of nitrogens with one attached hydrogen (secondary N) is 1. The minimum atomic E-state index is -3.77. The minimum Gasteiger partial charge on any atom is -0.495 e. The number of pyridine rings is 1. The van der Waals surface area contributed by atoms with Crippen molar-refractivity contribution in [2.75, 3.05) is 33.6 Å². The molecule has 0 aliphatic carbocycles. The van der Waals surface area contributed by atoms with Gasteiger partial charge in [-0.05, 0) is 30.3 Å². The van der Waals surface area contributed by atoms with E-state index in [1.165, 1.54) is 52.7 Å². The Morgan fingerprint density at radius 1 is 1.12 bits per heavy atom. The number of aromatic nitrogens is 1. The van der Waals surface area contributed by atoms with Crippen LogP contribution in [0.2, 0.25) is 0 Å². The third kappa shape index (κ3) is 3.89. The molecule has 1 heterocycles. The first-order valence-corrected chi connectivity index (χ1v) is 8.66. The number of ether oxygens (including phenoxy) is 2. The summed E-state index contributed by atoms with van der Waals surface area (Å²) in [4.78, 5) is 16.4. The van der Waals surface area contributed by atoms with Crippen molar-refractivity contribution in [1.29, 1.82) is 0 Å². The molecule has 0 radical (unpaired) electrons. The van der Waals surface area contributed by atoms with Crippen molar-refractivity contribution in [3.8, 4) is 11.5 Å². The van der Waals surface area contributed by atoms with Gasteiger partial charge in [0.15, 0.2) is 11.6 Å². The van der Waals surface area contributed by atoms with Crippen LogP contribution < -0.4 is 14.8 Å². The largest absolute Gasteiger partial charge is 0.495 e. The molecule has 2 rings (SSSR count). The van der Waals surface area contributed by atoms with E-state index in [1.54, 1.807) is 12.1 Å². The lowest BCUT2D eigenvalue weighted by molar-refractivity contribution is 0.102. The van der Waals surface area contributed by atoms with Gasteiger partial charge in [-0.2, -0.15) is 0 Å². The summed E-state index contributed by atoms with van der Waals surface area (Å²) < 4.78 is 36.1. The summed E-state index contributed by atoms with van der Waals surface area (Å²) in [7, 11) is 1.86. The lowest BCUT2D eigenvalue weighted by Gasteiger charge is -2.15. The summed E-state index contributed by atoms with van der Waals surface area (Å²) in [5.41, 5.74) is 0.147. The summed E-state index contributed by atoms with van der Waals surface area (Å²) in [6, 6.07) is 7.49. The highest BCUT2D eigenvalue weighted by molar-refractivity contribution is 7.89. The Kier molecular flexibility index (Phi) is 5.60. The van der Waals surface area contributed by atoms with Crippen LogP contribution in [0.3, 0.4) is 0 Å². The number of nitrogens with zero attached hydrogens (tertiary/aromatic N) is 2. The van der Waals surface area contributed by atoms with Crippen molar-refractivity contribution >= 4 is 21.7 Å². The van der Waals surface area contributed by atoms with Gasteiger partial charge in [-0.3, -0.25) is 4.79 Å². The van der Waals surface area contributed by atoms with Crippen LogP contribution in [-0.4, -0.2) is 51.9 Å². The molecule has 0 spiro atoms. The van der Waals surface area contributed by atoms with Crippen molar-refractivity contribution in [2.45, 2.75) is 4.90 Å². The van der Waals surface area contributed by atoms with E-state index in [2.05, 4.69) is 10.3 Å². The summed E-state index contributed by atoms with van der Waals surface area (Å²) in [6.45, 7) is 0. The monoisotopic (exact) mass is 365 g/mol. The van der Waals surface area contributed by atoms with Crippen LogP contribution in [0, 0.1) is 0 Å². The Balaban J connectivity index is 2.41. The van der Waals surface area contributed by atoms with Gasteiger partial charge in [0.2, 0.25) is 10.0 Å². The fourth-order valence-electron chi connectivity index (χ4n) is 2.05. The Morgan fingerprint density at radius 3 is 2.40 bits per heavy atom. The number of sulfonamides is 1. The zero-order valence-electron chi connectivity index (χ0n) is 14.3. The van der Waals surface area contributed by atoms with Gasteiger partial charge in [0.25, 0.3) is 5.91 Å². The second-order valence-corrected chi connectivity index (χ2v) is 7.28. The summed E-state index contributed by atoms with van der Waals surface area (Å²) in [5, 5.41) is 2.60. The van der Waals surface area contributed by atoms with Gasteiger partial charge < -0.3 is 14.8 Å². The van der Waals surface area contributed by atoms with Gasteiger partial charge in [-0.1, -0.05) is 0 Å². The fourth-order valence-corrected chi connectivity index (χ4v) is 3.12. The molecular formula is C16H19N3O5S. The summed E-state index contributed by atoms with van der Waals surface area (Å²) >= 11 is 0. The molecule has 8 nitrogen and oxygen atoms in total. The Bertz CT molecular complexity index is 881. The Hall–Kier alpha value is -2.65. The van der Waals surface area contributed by atoms with E-state index in [0.717, 1.165) is 4.31 Å². The van der Waals surface area contributed by atoms with E-state index in [1.807, 2.05) is 0 Å². The van der Waals surface area contributed by atoms with Crippen LogP contribution in [0.15, 0.2) is 41.4 Å². The number of hydrogen-bond acceptors (Lipinski definition) is 6. The molecule has 0 atom stereocenters. The molecule has 0 aliphatic heterocycles. The first-order valence-electron chi connectivity index (χ1n) is 7.22. The zero-order chi connectivity index (χ0) is 18.6. The van der Waals surface area contributed by atoms with Crippen LogP contribution in [0.5, 0.6) is 11.5 Å². The van der Waals surface area contributed by atoms with Crippen LogP contribution in [0.4, 0.5) is 5.82 Å². The second-order valence-electron chi connectivity index (χ2n) is 5.16. The van der Waals surface area contributed by atoms with Gasteiger partial charge in [0, 0.05) is 25.9 Å². The maximum Gasteiger partial charge on any atom is 0.256 e. The molecule has 0 unspecified atom stereocenters. The first-order chi connectivity index (χ1) is 11.8.